The summed E-state index contributed by atoms with van der Waals surface area (Å²) in [6.45, 7) is 4.23. The number of carbonyl (C=O) groups is 1. The van der Waals surface area contributed by atoms with Crippen LogP contribution in [0.3, 0.4) is 0 Å². The molecule has 5 nitrogen and oxygen atoms in total. The fraction of sp³-hybridized carbons (Fsp3) is 0.353. The third-order valence-corrected chi connectivity index (χ3v) is 4.57. The van der Waals surface area contributed by atoms with Gasteiger partial charge in [-0.15, -0.1) is 0 Å². The van der Waals surface area contributed by atoms with Gasteiger partial charge in [0.05, 0.1) is 0 Å². The van der Waals surface area contributed by atoms with E-state index >= 15 is 0 Å². The highest BCUT2D eigenvalue weighted by molar-refractivity contribution is 9.10. The molecule has 0 aliphatic carbocycles. The van der Waals surface area contributed by atoms with Crippen LogP contribution in [0.15, 0.2) is 41.1 Å². The predicted octanol–water partition coefficient (Wildman–Crippen LogP) is 3.73. The minimum Gasteiger partial charge on any atom is -0.356 e. The maximum atomic E-state index is 12.4. The molecule has 0 unspecified atom stereocenters. The van der Waals surface area contributed by atoms with E-state index < -0.39 is 0 Å². The van der Waals surface area contributed by atoms with E-state index in [1.807, 2.05) is 24.3 Å². The van der Waals surface area contributed by atoms with Gasteiger partial charge in [-0.25, -0.2) is 9.97 Å². The zero-order chi connectivity index (χ0) is 16.2. The van der Waals surface area contributed by atoms with Crippen molar-refractivity contribution in [2.24, 2.45) is 5.92 Å². The molecule has 1 aromatic carbocycles. The van der Waals surface area contributed by atoms with Gasteiger partial charge < -0.3 is 10.2 Å². The van der Waals surface area contributed by atoms with E-state index in [4.69, 9.17) is 0 Å². The number of anilines is 2. The highest BCUT2D eigenvalue weighted by atomic mass is 79.9. The Morgan fingerprint density at radius 2 is 2.04 bits per heavy atom. The Bertz CT molecular complexity index is 698. The SMILES string of the molecule is CC1CCN(c2cc(C(=O)Nc3cccc(Br)c3)ncn2)CC1. The summed E-state index contributed by atoms with van der Waals surface area (Å²) < 4.78 is 0.918. The van der Waals surface area contributed by atoms with Gasteiger partial charge in [-0.3, -0.25) is 4.79 Å². The number of amides is 1. The molecule has 0 saturated carbocycles. The molecule has 1 N–H and O–H groups in total. The second kappa shape index (κ2) is 7.08. The maximum absolute atomic E-state index is 12.4. The second-order valence-electron chi connectivity index (χ2n) is 5.90. The van der Waals surface area contributed by atoms with E-state index in [1.54, 1.807) is 6.07 Å². The van der Waals surface area contributed by atoms with Gasteiger partial charge in [0.15, 0.2) is 0 Å². The van der Waals surface area contributed by atoms with Crippen LogP contribution in [0.1, 0.15) is 30.3 Å². The Morgan fingerprint density at radius 3 is 2.78 bits per heavy atom. The lowest BCUT2D eigenvalue weighted by Gasteiger charge is -2.31. The number of aromatic nitrogens is 2. The number of benzene rings is 1. The molecule has 1 aromatic heterocycles. The molecule has 1 fully saturated rings. The van der Waals surface area contributed by atoms with Crippen LogP contribution in [0.25, 0.3) is 0 Å². The Balaban J connectivity index is 1.72. The van der Waals surface area contributed by atoms with Crippen molar-refractivity contribution in [2.45, 2.75) is 19.8 Å². The number of carbonyl (C=O) groups excluding carboxylic acids is 1. The lowest BCUT2D eigenvalue weighted by Crippen LogP contribution is -2.33. The number of rotatable bonds is 3. The molecule has 1 saturated heterocycles. The van der Waals surface area contributed by atoms with Crippen LogP contribution in [-0.4, -0.2) is 29.0 Å². The Morgan fingerprint density at radius 1 is 1.26 bits per heavy atom. The normalized spacial score (nSPS) is 15.5. The van der Waals surface area contributed by atoms with Crippen LogP contribution in [0.4, 0.5) is 11.5 Å². The fourth-order valence-corrected chi connectivity index (χ4v) is 3.04. The minimum atomic E-state index is -0.225. The molecule has 1 aliphatic rings. The van der Waals surface area contributed by atoms with Crippen molar-refractivity contribution in [3.8, 4) is 0 Å². The Labute approximate surface area is 144 Å². The van der Waals surface area contributed by atoms with Gasteiger partial charge in [0.1, 0.15) is 17.8 Å². The van der Waals surface area contributed by atoms with Crippen molar-refractivity contribution in [3.63, 3.8) is 0 Å². The Hall–Kier alpha value is -1.95. The molecule has 120 valence electrons. The number of nitrogens with zero attached hydrogens (tertiary/aromatic N) is 3. The van der Waals surface area contributed by atoms with Crippen molar-refractivity contribution in [1.29, 1.82) is 0 Å². The summed E-state index contributed by atoms with van der Waals surface area (Å²) in [6.07, 6.45) is 3.77. The molecular weight excluding hydrogens is 356 g/mol. The maximum Gasteiger partial charge on any atom is 0.274 e. The number of piperidine rings is 1. The zero-order valence-electron chi connectivity index (χ0n) is 13.0. The van der Waals surface area contributed by atoms with Gasteiger partial charge in [0.25, 0.3) is 5.91 Å². The summed E-state index contributed by atoms with van der Waals surface area (Å²) in [5.41, 5.74) is 1.12. The van der Waals surface area contributed by atoms with Crippen LogP contribution in [0.5, 0.6) is 0 Å². The van der Waals surface area contributed by atoms with Gasteiger partial charge >= 0.3 is 0 Å². The highest BCUT2D eigenvalue weighted by Gasteiger charge is 2.18. The van der Waals surface area contributed by atoms with Gasteiger partial charge in [-0.05, 0) is 37.0 Å². The van der Waals surface area contributed by atoms with Crippen molar-refractivity contribution >= 4 is 33.3 Å². The van der Waals surface area contributed by atoms with Crippen LogP contribution in [0, 0.1) is 5.92 Å². The number of halogens is 1. The molecule has 1 amide bonds. The van der Waals surface area contributed by atoms with Gasteiger partial charge in [0.2, 0.25) is 0 Å². The highest BCUT2D eigenvalue weighted by Crippen LogP contribution is 2.22. The first-order chi connectivity index (χ1) is 11.1. The van der Waals surface area contributed by atoms with Crippen LogP contribution in [-0.2, 0) is 0 Å². The van der Waals surface area contributed by atoms with Crippen molar-refractivity contribution in [3.05, 3.63) is 46.8 Å². The largest absolute Gasteiger partial charge is 0.356 e. The van der Waals surface area contributed by atoms with E-state index in [2.05, 4.69) is 43.0 Å². The molecule has 0 bridgehead atoms. The molecule has 6 heteroatoms. The number of hydrogen-bond acceptors (Lipinski definition) is 4. The summed E-state index contributed by atoms with van der Waals surface area (Å²) in [5.74, 6) is 1.36. The van der Waals surface area contributed by atoms with E-state index in [0.717, 1.165) is 47.8 Å². The molecule has 0 radical (unpaired) electrons. The summed E-state index contributed by atoms with van der Waals surface area (Å²) >= 11 is 3.39. The van der Waals surface area contributed by atoms with E-state index in [1.165, 1.54) is 6.33 Å². The van der Waals surface area contributed by atoms with E-state index in [9.17, 15) is 4.79 Å². The van der Waals surface area contributed by atoms with Gasteiger partial charge in [-0.1, -0.05) is 28.9 Å². The molecule has 23 heavy (non-hydrogen) atoms. The standard InChI is InChI=1S/C17H19BrN4O/c1-12-5-7-22(8-6-12)16-10-15(19-11-20-16)17(23)21-14-4-2-3-13(18)9-14/h2-4,9-12H,5-8H2,1H3,(H,21,23). The lowest BCUT2D eigenvalue weighted by molar-refractivity contribution is 0.102. The fourth-order valence-electron chi connectivity index (χ4n) is 2.64. The summed E-state index contributed by atoms with van der Waals surface area (Å²) in [7, 11) is 0. The number of nitrogens with one attached hydrogen (secondary N) is 1. The first-order valence-corrected chi connectivity index (χ1v) is 8.55. The molecule has 0 spiro atoms. The quantitative estimate of drug-likeness (QED) is 0.888. The van der Waals surface area contributed by atoms with Crippen LogP contribution in [0.2, 0.25) is 0 Å². The minimum absolute atomic E-state index is 0.225. The summed E-state index contributed by atoms with van der Waals surface area (Å²) in [5, 5.41) is 2.86. The molecule has 2 heterocycles. The van der Waals surface area contributed by atoms with Crippen molar-refractivity contribution < 1.29 is 4.79 Å². The summed E-state index contributed by atoms with van der Waals surface area (Å²) in [6, 6.07) is 9.25. The van der Waals surface area contributed by atoms with Crippen molar-refractivity contribution in [1.82, 2.24) is 9.97 Å². The summed E-state index contributed by atoms with van der Waals surface area (Å²) in [4.78, 5) is 23.0. The zero-order valence-corrected chi connectivity index (χ0v) is 14.6. The Kier molecular flexibility index (Phi) is 4.91. The molecular formula is C17H19BrN4O. The van der Waals surface area contributed by atoms with Crippen LogP contribution < -0.4 is 10.2 Å². The monoisotopic (exact) mass is 374 g/mol. The first-order valence-electron chi connectivity index (χ1n) is 7.76. The molecule has 1 aliphatic heterocycles. The van der Waals surface area contributed by atoms with Gasteiger partial charge in [-0.2, -0.15) is 0 Å². The van der Waals surface area contributed by atoms with Crippen molar-refractivity contribution in [2.75, 3.05) is 23.3 Å². The van der Waals surface area contributed by atoms with E-state index in [0.29, 0.717) is 5.69 Å². The first kappa shape index (κ1) is 15.9. The van der Waals surface area contributed by atoms with E-state index in [-0.39, 0.29) is 5.91 Å². The second-order valence-corrected chi connectivity index (χ2v) is 6.81. The van der Waals surface area contributed by atoms with Gasteiger partial charge in [0, 0.05) is 29.3 Å². The smallest absolute Gasteiger partial charge is 0.274 e. The molecule has 0 atom stereocenters. The molecule has 2 aromatic rings. The molecule has 3 rings (SSSR count). The average Bonchev–Trinajstić information content (AvgIpc) is 2.56. The lowest BCUT2D eigenvalue weighted by atomic mass is 9.99. The third kappa shape index (κ3) is 4.07. The number of hydrogen-bond donors (Lipinski definition) is 1. The van der Waals surface area contributed by atoms with Crippen LogP contribution >= 0.6 is 15.9 Å². The third-order valence-electron chi connectivity index (χ3n) is 4.08. The average molecular weight is 375 g/mol. The predicted molar refractivity (Wildman–Crippen MR) is 94.7 cm³/mol. The topological polar surface area (TPSA) is 58.1 Å².